The zero-order valence-electron chi connectivity index (χ0n) is 16.8. The number of amides is 1. The van der Waals surface area contributed by atoms with Crippen LogP contribution in [0.1, 0.15) is 15.9 Å². The van der Waals surface area contributed by atoms with Gasteiger partial charge in [0.2, 0.25) is 11.7 Å². The van der Waals surface area contributed by atoms with Crippen LogP contribution in [0.25, 0.3) is 5.76 Å². The zero-order chi connectivity index (χ0) is 23.8. The molecule has 0 radical (unpaired) electrons. The van der Waals surface area contributed by atoms with Gasteiger partial charge in [0.1, 0.15) is 18.1 Å². The molecule has 0 saturated carbocycles. The molecule has 0 spiro atoms. The lowest BCUT2D eigenvalue weighted by atomic mass is 10.0. The van der Waals surface area contributed by atoms with Gasteiger partial charge in [0, 0.05) is 11.1 Å². The van der Waals surface area contributed by atoms with Gasteiger partial charge in [-0.25, -0.2) is 17.1 Å². The van der Waals surface area contributed by atoms with Gasteiger partial charge in [0.15, 0.2) is 5.76 Å². The minimum atomic E-state index is -4.40. The third-order valence-electron chi connectivity index (χ3n) is 4.94. The Kier molecular flexibility index (Phi) is 5.92. The molecule has 3 aromatic carbocycles. The molecule has 1 heterocycles. The number of benzene rings is 3. The van der Waals surface area contributed by atoms with Gasteiger partial charge in [0.05, 0.1) is 15.6 Å². The number of aliphatic hydroxyl groups is 1. The van der Waals surface area contributed by atoms with E-state index in [0.29, 0.717) is 4.31 Å². The normalized spacial score (nSPS) is 16.2. The number of allylic oxidation sites excluding steroid dienone is 1. The molecule has 0 atom stereocenters. The van der Waals surface area contributed by atoms with Crippen molar-refractivity contribution >= 4 is 44.8 Å². The van der Waals surface area contributed by atoms with E-state index in [0.717, 1.165) is 12.1 Å². The molecule has 33 heavy (non-hydrogen) atoms. The fourth-order valence-electron chi connectivity index (χ4n) is 3.38. The van der Waals surface area contributed by atoms with Crippen molar-refractivity contribution in [2.75, 3.05) is 11.9 Å². The van der Waals surface area contributed by atoms with Gasteiger partial charge in [-0.2, -0.15) is 0 Å². The van der Waals surface area contributed by atoms with E-state index < -0.39 is 45.5 Å². The van der Waals surface area contributed by atoms with Crippen molar-refractivity contribution < 1.29 is 27.5 Å². The topological polar surface area (TPSA) is 104 Å². The number of rotatable bonds is 4. The lowest BCUT2D eigenvalue weighted by Crippen LogP contribution is -2.43. The number of fused-ring (bicyclic) bond motifs is 1. The van der Waals surface area contributed by atoms with Crippen molar-refractivity contribution in [1.82, 2.24) is 4.31 Å². The van der Waals surface area contributed by atoms with E-state index in [1.807, 2.05) is 0 Å². The number of aliphatic hydroxyl groups excluding tert-OH is 1. The number of halogens is 2. The summed E-state index contributed by atoms with van der Waals surface area (Å²) in [6, 6.07) is 16.3. The van der Waals surface area contributed by atoms with Gasteiger partial charge in [-0.1, -0.05) is 35.9 Å². The Labute approximate surface area is 193 Å². The van der Waals surface area contributed by atoms with Crippen molar-refractivity contribution in [3.8, 4) is 0 Å². The van der Waals surface area contributed by atoms with Gasteiger partial charge in [-0.15, -0.1) is 0 Å². The Hall–Kier alpha value is -3.69. The molecule has 3 aromatic rings. The van der Waals surface area contributed by atoms with E-state index in [-0.39, 0.29) is 26.7 Å². The fourth-order valence-corrected chi connectivity index (χ4v) is 5.18. The van der Waals surface area contributed by atoms with Crippen molar-refractivity contribution in [3.05, 3.63) is 100 Å². The third kappa shape index (κ3) is 4.20. The molecular formula is C23H16ClFN2O5S. The first-order chi connectivity index (χ1) is 15.7. The van der Waals surface area contributed by atoms with Crippen LogP contribution >= 0.6 is 11.6 Å². The van der Waals surface area contributed by atoms with E-state index in [4.69, 9.17) is 11.6 Å². The first-order valence-corrected chi connectivity index (χ1v) is 11.4. The zero-order valence-corrected chi connectivity index (χ0v) is 18.4. The number of nitrogens with one attached hydrogen (secondary N) is 1. The fraction of sp³-hybridized carbons (Fsp3) is 0.0435. The van der Waals surface area contributed by atoms with Gasteiger partial charge < -0.3 is 10.4 Å². The molecule has 4 rings (SSSR count). The maximum atomic E-state index is 13.4. The second kappa shape index (κ2) is 8.68. The number of anilines is 1. The summed E-state index contributed by atoms with van der Waals surface area (Å²) >= 11 is 6.05. The largest absolute Gasteiger partial charge is 0.505 e. The molecule has 0 aliphatic carbocycles. The SMILES string of the molecule is O=C(CN1/C(=C(/O)c2ccc(F)cc2)C(=O)c2ccccc2S1(=O)=O)Nc1ccccc1Cl. The molecule has 0 bridgehead atoms. The first-order valence-electron chi connectivity index (χ1n) is 9.60. The smallest absolute Gasteiger partial charge is 0.265 e. The molecule has 0 fully saturated rings. The summed E-state index contributed by atoms with van der Waals surface area (Å²) in [5, 5.41) is 13.6. The molecule has 7 nitrogen and oxygen atoms in total. The van der Waals surface area contributed by atoms with Crippen molar-refractivity contribution in [2.45, 2.75) is 4.90 Å². The lowest BCUT2D eigenvalue weighted by Gasteiger charge is -2.31. The van der Waals surface area contributed by atoms with Crippen LogP contribution in [-0.4, -0.2) is 36.1 Å². The summed E-state index contributed by atoms with van der Waals surface area (Å²) in [4.78, 5) is 25.7. The van der Waals surface area contributed by atoms with E-state index in [2.05, 4.69) is 5.32 Å². The Morgan fingerprint density at radius 2 is 1.64 bits per heavy atom. The van der Waals surface area contributed by atoms with Crippen LogP contribution in [0.15, 0.2) is 83.4 Å². The number of Topliss-reactive ketones (excluding diaryl/α,β-unsaturated/α-hetero) is 1. The Morgan fingerprint density at radius 1 is 1.00 bits per heavy atom. The predicted octanol–water partition coefficient (Wildman–Crippen LogP) is 4.23. The summed E-state index contributed by atoms with van der Waals surface area (Å²) in [5.41, 5.74) is -0.511. The summed E-state index contributed by atoms with van der Waals surface area (Å²) in [6.45, 7) is -0.811. The summed E-state index contributed by atoms with van der Waals surface area (Å²) < 4.78 is 40.6. The van der Waals surface area contributed by atoms with Crippen LogP contribution in [0.2, 0.25) is 5.02 Å². The van der Waals surface area contributed by atoms with Crippen LogP contribution in [0.5, 0.6) is 0 Å². The monoisotopic (exact) mass is 486 g/mol. The maximum absolute atomic E-state index is 13.4. The van der Waals surface area contributed by atoms with E-state index in [1.165, 1.54) is 42.5 Å². The number of carbonyl (C=O) groups excluding carboxylic acids is 2. The molecule has 168 valence electrons. The molecule has 1 aliphatic heterocycles. The van der Waals surface area contributed by atoms with Gasteiger partial charge in [0.25, 0.3) is 10.0 Å². The number of para-hydroxylation sites is 1. The van der Waals surface area contributed by atoms with Crippen molar-refractivity contribution in [3.63, 3.8) is 0 Å². The molecule has 0 aromatic heterocycles. The third-order valence-corrected chi connectivity index (χ3v) is 7.07. The highest BCUT2D eigenvalue weighted by molar-refractivity contribution is 7.89. The van der Waals surface area contributed by atoms with Gasteiger partial charge in [-0.05, 0) is 48.5 Å². The minimum Gasteiger partial charge on any atom is -0.505 e. The quantitative estimate of drug-likeness (QED) is 0.424. The average molecular weight is 487 g/mol. The highest BCUT2D eigenvalue weighted by Gasteiger charge is 2.42. The van der Waals surface area contributed by atoms with Crippen LogP contribution < -0.4 is 5.32 Å². The van der Waals surface area contributed by atoms with Crippen LogP contribution in [0.3, 0.4) is 0 Å². The number of nitrogens with zero attached hydrogens (tertiary/aromatic N) is 1. The minimum absolute atomic E-state index is 0.00541. The highest BCUT2D eigenvalue weighted by Crippen LogP contribution is 2.35. The molecule has 0 unspecified atom stereocenters. The Balaban J connectivity index is 1.83. The number of hydrogen-bond donors (Lipinski definition) is 2. The van der Waals surface area contributed by atoms with E-state index >= 15 is 0 Å². The van der Waals surface area contributed by atoms with Gasteiger partial charge >= 0.3 is 0 Å². The summed E-state index contributed by atoms with van der Waals surface area (Å²) in [7, 11) is -4.40. The van der Waals surface area contributed by atoms with E-state index in [9.17, 15) is 27.5 Å². The van der Waals surface area contributed by atoms with Crippen molar-refractivity contribution in [1.29, 1.82) is 0 Å². The molecule has 1 amide bonds. The van der Waals surface area contributed by atoms with Crippen LogP contribution in [-0.2, 0) is 14.8 Å². The standard InChI is InChI=1S/C23H16ClFN2O5S/c24-17-6-2-3-7-18(17)26-20(28)13-27-21(22(29)14-9-11-15(25)12-10-14)23(30)16-5-1-4-8-19(16)33(27,31)32/h1-12,29H,13H2,(H,26,28)/b22-21+. The average Bonchev–Trinajstić information content (AvgIpc) is 2.79. The summed E-state index contributed by atoms with van der Waals surface area (Å²) in [6.07, 6.45) is 0. The lowest BCUT2D eigenvalue weighted by molar-refractivity contribution is -0.116. The first kappa shape index (κ1) is 22.5. The second-order valence-corrected chi connectivity index (χ2v) is 9.31. The van der Waals surface area contributed by atoms with Crippen LogP contribution in [0.4, 0.5) is 10.1 Å². The molecule has 10 heteroatoms. The van der Waals surface area contributed by atoms with Crippen molar-refractivity contribution in [2.24, 2.45) is 0 Å². The number of sulfonamides is 1. The maximum Gasteiger partial charge on any atom is 0.265 e. The highest BCUT2D eigenvalue weighted by atomic mass is 35.5. The summed E-state index contributed by atoms with van der Waals surface area (Å²) in [5.74, 6) is -2.87. The Bertz CT molecular complexity index is 1400. The van der Waals surface area contributed by atoms with Crippen LogP contribution in [0, 0.1) is 5.82 Å². The Morgan fingerprint density at radius 3 is 2.33 bits per heavy atom. The molecule has 1 aliphatic rings. The molecular weight excluding hydrogens is 471 g/mol. The number of carbonyl (C=O) groups is 2. The number of ketones is 1. The predicted molar refractivity (Wildman–Crippen MR) is 121 cm³/mol. The van der Waals surface area contributed by atoms with Gasteiger partial charge in [-0.3, -0.25) is 9.59 Å². The second-order valence-electron chi connectivity index (χ2n) is 7.07. The number of hydrogen-bond acceptors (Lipinski definition) is 5. The van der Waals surface area contributed by atoms with E-state index in [1.54, 1.807) is 18.2 Å². The molecule has 2 N–H and O–H groups in total. The molecule has 0 saturated heterocycles.